The molecule has 0 saturated carbocycles. The maximum absolute atomic E-state index is 12.6. The van der Waals surface area contributed by atoms with Crippen LogP contribution in [0.15, 0.2) is 61.1 Å². The molecule has 1 amide bonds. The Morgan fingerprint density at radius 2 is 1.97 bits per heavy atom. The highest BCUT2D eigenvalue weighted by Crippen LogP contribution is 2.20. The molecule has 0 unspecified atom stereocenters. The lowest BCUT2D eigenvalue weighted by molar-refractivity contribution is 0.0931. The summed E-state index contributed by atoms with van der Waals surface area (Å²) < 4.78 is 1.79. The van der Waals surface area contributed by atoms with Crippen LogP contribution in [-0.2, 0) is 6.54 Å². The van der Waals surface area contributed by atoms with E-state index in [1.807, 2.05) is 50.4 Å². The summed E-state index contributed by atoms with van der Waals surface area (Å²) in [6.45, 7) is 4.35. The first-order valence-electron chi connectivity index (χ1n) is 9.85. The SMILES string of the molecule is Cc1cc(-c2ccn(C[C@H](C)NC(=O)c3cc(-c4ccncc4)n[nH]3)n2)ccc1C#N. The number of amides is 1. The Morgan fingerprint density at radius 3 is 2.71 bits per heavy atom. The number of aryl methyl sites for hydroxylation is 1. The number of carbonyl (C=O) groups excluding carboxylic acids is 1. The van der Waals surface area contributed by atoms with Gasteiger partial charge in [0.15, 0.2) is 0 Å². The van der Waals surface area contributed by atoms with Crippen molar-refractivity contribution in [2.24, 2.45) is 0 Å². The molecule has 0 aliphatic carbocycles. The fourth-order valence-corrected chi connectivity index (χ4v) is 3.30. The molecule has 0 radical (unpaired) electrons. The van der Waals surface area contributed by atoms with Gasteiger partial charge in [-0.2, -0.15) is 15.5 Å². The minimum Gasteiger partial charge on any atom is -0.346 e. The highest BCUT2D eigenvalue weighted by atomic mass is 16.2. The summed E-state index contributed by atoms with van der Waals surface area (Å²) in [6.07, 6.45) is 5.25. The number of H-pyrrole nitrogens is 1. The molecule has 8 heteroatoms. The zero-order valence-corrected chi connectivity index (χ0v) is 17.2. The van der Waals surface area contributed by atoms with Crippen LogP contribution in [0.5, 0.6) is 0 Å². The first-order chi connectivity index (χ1) is 15.0. The average molecular weight is 411 g/mol. The van der Waals surface area contributed by atoms with Crippen molar-refractivity contribution in [2.75, 3.05) is 0 Å². The van der Waals surface area contributed by atoms with Gasteiger partial charge in [-0.15, -0.1) is 0 Å². The molecule has 2 N–H and O–H groups in total. The van der Waals surface area contributed by atoms with Crippen molar-refractivity contribution >= 4 is 5.91 Å². The predicted molar refractivity (Wildman–Crippen MR) is 116 cm³/mol. The summed E-state index contributed by atoms with van der Waals surface area (Å²) in [6, 6.07) is 15.0. The van der Waals surface area contributed by atoms with Crippen LogP contribution in [0.1, 0.15) is 28.5 Å². The van der Waals surface area contributed by atoms with Crippen molar-refractivity contribution in [1.82, 2.24) is 30.3 Å². The minimum absolute atomic E-state index is 0.143. The number of carbonyl (C=O) groups is 1. The van der Waals surface area contributed by atoms with Crippen molar-refractivity contribution in [2.45, 2.75) is 26.4 Å². The second kappa shape index (κ2) is 8.63. The van der Waals surface area contributed by atoms with E-state index >= 15 is 0 Å². The summed E-state index contributed by atoms with van der Waals surface area (Å²) in [4.78, 5) is 16.6. The van der Waals surface area contributed by atoms with Crippen LogP contribution in [0.3, 0.4) is 0 Å². The first kappa shape index (κ1) is 20.0. The van der Waals surface area contributed by atoms with E-state index in [0.717, 1.165) is 22.4 Å². The van der Waals surface area contributed by atoms with Gasteiger partial charge in [-0.05, 0) is 55.8 Å². The summed E-state index contributed by atoms with van der Waals surface area (Å²) in [7, 11) is 0. The molecule has 0 spiro atoms. The Labute approximate surface area is 179 Å². The maximum atomic E-state index is 12.6. The molecule has 0 aliphatic heterocycles. The molecule has 3 aromatic heterocycles. The molecular weight excluding hydrogens is 390 g/mol. The van der Waals surface area contributed by atoms with E-state index in [9.17, 15) is 4.79 Å². The molecule has 4 aromatic rings. The number of aromatic nitrogens is 5. The third-order valence-corrected chi connectivity index (χ3v) is 4.92. The van der Waals surface area contributed by atoms with Gasteiger partial charge >= 0.3 is 0 Å². The molecule has 4 rings (SSSR count). The van der Waals surface area contributed by atoms with E-state index < -0.39 is 0 Å². The Kier molecular flexibility index (Phi) is 5.58. The molecule has 1 aromatic carbocycles. The molecule has 0 bridgehead atoms. The lowest BCUT2D eigenvalue weighted by Crippen LogP contribution is -2.36. The topological polar surface area (TPSA) is 112 Å². The summed E-state index contributed by atoms with van der Waals surface area (Å²) in [5.74, 6) is -0.226. The zero-order valence-electron chi connectivity index (χ0n) is 17.2. The second-order valence-corrected chi connectivity index (χ2v) is 7.34. The van der Waals surface area contributed by atoms with Crippen LogP contribution < -0.4 is 5.32 Å². The van der Waals surface area contributed by atoms with Gasteiger partial charge in [0.05, 0.1) is 29.6 Å². The van der Waals surface area contributed by atoms with Crippen molar-refractivity contribution in [3.63, 3.8) is 0 Å². The number of hydrogen-bond acceptors (Lipinski definition) is 5. The molecule has 0 saturated heterocycles. The number of pyridine rings is 1. The normalized spacial score (nSPS) is 11.6. The van der Waals surface area contributed by atoms with Gasteiger partial charge < -0.3 is 5.32 Å². The summed E-state index contributed by atoms with van der Waals surface area (Å²) in [5.41, 5.74) is 5.32. The van der Waals surface area contributed by atoms with Gasteiger partial charge in [0.2, 0.25) is 0 Å². The highest BCUT2D eigenvalue weighted by Gasteiger charge is 2.14. The molecule has 154 valence electrons. The fourth-order valence-electron chi connectivity index (χ4n) is 3.30. The predicted octanol–water partition coefficient (Wildman–Crippen LogP) is 3.33. The second-order valence-electron chi connectivity index (χ2n) is 7.34. The number of hydrogen-bond donors (Lipinski definition) is 2. The standard InChI is InChI=1S/C23H21N7O/c1-15-11-18(3-4-19(15)13-24)20-7-10-30(29-20)14-16(2)26-23(31)22-12-21(27-28-22)17-5-8-25-9-6-17/h3-12,16H,14H2,1-2H3,(H,26,31)(H,27,28)/t16-/m0/s1. The fraction of sp³-hybridized carbons (Fsp3) is 0.174. The van der Waals surface area contributed by atoms with Crippen molar-refractivity contribution in [3.8, 4) is 28.6 Å². The van der Waals surface area contributed by atoms with E-state index in [1.54, 1.807) is 29.2 Å². The minimum atomic E-state index is -0.226. The van der Waals surface area contributed by atoms with Crippen LogP contribution in [0, 0.1) is 18.3 Å². The van der Waals surface area contributed by atoms with Crippen molar-refractivity contribution in [3.05, 3.63) is 77.9 Å². The molecule has 0 fully saturated rings. The maximum Gasteiger partial charge on any atom is 0.269 e. The van der Waals surface area contributed by atoms with E-state index in [4.69, 9.17) is 5.26 Å². The smallest absolute Gasteiger partial charge is 0.269 e. The van der Waals surface area contributed by atoms with Gasteiger partial charge in [0, 0.05) is 35.8 Å². The van der Waals surface area contributed by atoms with Gasteiger partial charge in [-0.25, -0.2) is 0 Å². The number of nitriles is 1. The Balaban J connectivity index is 1.39. The molecular formula is C23H21N7O. The Bertz CT molecular complexity index is 1250. The van der Waals surface area contributed by atoms with Crippen LogP contribution in [-0.4, -0.2) is 36.9 Å². The zero-order chi connectivity index (χ0) is 21.8. The van der Waals surface area contributed by atoms with Crippen LogP contribution in [0.25, 0.3) is 22.5 Å². The number of rotatable bonds is 6. The van der Waals surface area contributed by atoms with Crippen LogP contribution in [0.2, 0.25) is 0 Å². The van der Waals surface area contributed by atoms with E-state index in [1.165, 1.54) is 0 Å². The number of nitrogens with zero attached hydrogens (tertiary/aromatic N) is 5. The molecule has 31 heavy (non-hydrogen) atoms. The average Bonchev–Trinajstić information content (AvgIpc) is 3.44. The molecule has 8 nitrogen and oxygen atoms in total. The summed E-state index contributed by atoms with van der Waals surface area (Å²) in [5, 5.41) is 23.6. The monoisotopic (exact) mass is 411 g/mol. The van der Waals surface area contributed by atoms with Crippen molar-refractivity contribution in [1.29, 1.82) is 5.26 Å². The first-order valence-corrected chi connectivity index (χ1v) is 9.85. The molecule has 3 heterocycles. The van der Waals surface area contributed by atoms with E-state index in [2.05, 4.69) is 31.7 Å². The third-order valence-electron chi connectivity index (χ3n) is 4.92. The Morgan fingerprint density at radius 1 is 1.16 bits per heavy atom. The quantitative estimate of drug-likeness (QED) is 0.505. The number of benzene rings is 1. The number of nitrogens with one attached hydrogen (secondary N) is 2. The molecule has 0 aliphatic rings. The van der Waals surface area contributed by atoms with Gasteiger partial charge in [-0.3, -0.25) is 19.6 Å². The number of aromatic amines is 1. The van der Waals surface area contributed by atoms with Gasteiger partial charge in [0.25, 0.3) is 5.91 Å². The summed E-state index contributed by atoms with van der Waals surface area (Å²) >= 11 is 0. The van der Waals surface area contributed by atoms with Crippen LogP contribution >= 0.6 is 0 Å². The molecule has 1 atom stereocenters. The van der Waals surface area contributed by atoms with Crippen molar-refractivity contribution < 1.29 is 4.79 Å². The van der Waals surface area contributed by atoms with Gasteiger partial charge in [0.1, 0.15) is 5.69 Å². The van der Waals surface area contributed by atoms with E-state index in [0.29, 0.717) is 23.5 Å². The van der Waals surface area contributed by atoms with E-state index in [-0.39, 0.29) is 11.9 Å². The Hall–Kier alpha value is -4.25. The van der Waals surface area contributed by atoms with Gasteiger partial charge in [-0.1, -0.05) is 6.07 Å². The lowest BCUT2D eigenvalue weighted by atomic mass is 10.0. The third kappa shape index (κ3) is 4.51. The van der Waals surface area contributed by atoms with Crippen LogP contribution in [0.4, 0.5) is 0 Å². The lowest BCUT2D eigenvalue weighted by Gasteiger charge is -2.13. The highest BCUT2D eigenvalue weighted by molar-refractivity contribution is 5.93. The largest absolute Gasteiger partial charge is 0.346 e.